The zero-order valence-corrected chi connectivity index (χ0v) is 13.8. The van der Waals surface area contributed by atoms with E-state index in [9.17, 15) is 12.8 Å². The third-order valence-electron chi connectivity index (χ3n) is 3.33. The number of sulfonamides is 1. The molecule has 0 aromatic heterocycles. The summed E-state index contributed by atoms with van der Waals surface area (Å²) < 4.78 is 40.6. The van der Waals surface area contributed by atoms with Crippen LogP contribution in [-0.2, 0) is 16.6 Å². The zero-order valence-electron chi connectivity index (χ0n) is 12.9. The predicted octanol–water partition coefficient (Wildman–Crippen LogP) is 2.70. The molecule has 3 N–H and O–H groups in total. The minimum absolute atomic E-state index is 0.0234. The third kappa shape index (κ3) is 5.37. The number of benzene rings is 1. The van der Waals surface area contributed by atoms with Crippen molar-refractivity contribution in [1.82, 2.24) is 4.72 Å². The summed E-state index contributed by atoms with van der Waals surface area (Å²) in [4.78, 5) is 0.0747. The minimum Gasteiger partial charge on any atom is -0.326 e. The van der Waals surface area contributed by atoms with Crippen molar-refractivity contribution >= 4 is 10.0 Å². The molecule has 1 aromatic carbocycles. The number of unbranched alkanes of at least 4 members (excludes halogenated alkanes) is 1. The van der Waals surface area contributed by atoms with Gasteiger partial charge in [0.1, 0.15) is 5.82 Å². The van der Waals surface area contributed by atoms with Gasteiger partial charge < -0.3 is 5.73 Å². The molecule has 0 radical (unpaired) electrons. The Morgan fingerprint density at radius 2 is 1.95 bits per heavy atom. The van der Waals surface area contributed by atoms with E-state index in [-0.39, 0.29) is 22.6 Å². The van der Waals surface area contributed by atoms with E-state index >= 15 is 0 Å². The largest absolute Gasteiger partial charge is 0.326 e. The van der Waals surface area contributed by atoms with Gasteiger partial charge in [-0.3, -0.25) is 0 Å². The molecule has 0 aliphatic rings. The quantitative estimate of drug-likeness (QED) is 0.724. The van der Waals surface area contributed by atoms with Gasteiger partial charge in [-0.15, -0.1) is 0 Å². The Hall–Kier alpha value is -0.980. The molecule has 1 aromatic rings. The highest BCUT2D eigenvalue weighted by atomic mass is 32.2. The molecule has 0 saturated heterocycles. The van der Waals surface area contributed by atoms with Crippen molar-refractivity contribution in [3.63, 3.8) is 0 Å². The van der Waals surface area contributed by atoms with E-state index in [2.05, 4.69) is 18.6 Å². The maximum atomic E-state index is 13.7. The summed E-state index contributed by atoms with van der Waals surface area (Å²) in [5, 5.41) is 0. The second-order valence-corrected chi connectivity index (χ2v) is 7.47. The van der Waals surface area contributed by atoms with Crippen LogP contribution in [-0.4, -0.2) is 15.0 Å². The maximum Gasteiger partial charge on any atom is 0.240 e. The lowest BCUT2D eigenvalue weighted by atomic mass is 10.1. The van der Waals surface area contributed by atoms with Gasteiger partial charge >= 0.3 is 0 Å². The van der Waals surface area contributed by atoms with Crippen LogP contribution in [0.25, 0.3) is 0 Å². The predicted molar refractivity (Wildman–Crippen MR) is 82.9 cm³/mol. The number of rotatable bonds is 8. The Kier molecular flexibility index (Phi) is 6.77. The SMILES string of the molecule is Cc1cc(S(=O)(=O)NCCCCC(C)C)cc(CN)c1F. The highest BCUT2D eigenvalue weighted by Crippen LogP contribution is 2.19. The molecule has 0 amide bonds. The average Bonchev–Trinajstić information content (AvgIpc) is 2.40. The Morgan fingerprint density at radius 1 is 1.29 bits per heavy atom. The van der Waals surface area contributed by atoms with Gasteiger partial charge in [0.15, 0.2) is 0 Å². The first-order valence-electron chi connectivity index (χ1n) is 7.26. The summed E-state index contributed by atoms with van der Waals surface area (Å²) in [5.74, 6) is 0.182. The van der Waals surface area contributed by atoms with Gasteiger partial charge in [0.25, 0.3) is 0 Å². The number of hydrogen-bond acceptors (Lipinski definition) is 3. The highest BCUT2D eigenvalue weighted by Gasteiger charge is 2.17. The fraction of sp³-hybridized carbons (Fsp3) is 0.600. The fourth-order valence-electron chi connectivity index (χ4n) is 2.08. The Balaban J connectivity index is 2.72. The van der Waals surface area contributed by atoms with Crippen LogP contribution >= 0.6 is 0 Å². The van der Waals surface area contributed by atoms with Crippen LogP contribution in [0.3, 0.4) is 0 Å². The lowest BCUT2D eigenvalue weighted by molar-refractivity contribution is 0.530. The van der Waals surface area contributed by atoms with Gasteiger partial charge in [-0.2, -0.15) is 0 Å². The molecule has 21 heavy (non-hydrogen) atoms. The van der Waals surface area contributed by atoms with Gasteiger partial charge in [0.2, 0.25) is 10.0 Å². The number of nitrogens with two attached hydrogens (primary N) is 1. The average molecular weight is 316 g/mol. The topological polar surface area (TPSA) is 72.2 Å². The molecular formula is C15H25FN2O2S. The van der Waals surface area contributed by atoms with Crippen molar-refractivity contribution in [2.24, 2.45) is 11.7 Å². The van der Waals surface area contributed by atoms with Crippen molar-refractivity contribution in [3.8, 4) is 0 Å². The van der Waals surface area contributed by atoms with Crippen LogP contribution in [0.5, 0.6) is 0 Å². The summed E-state index contributed by atoms with van der Waals surface area (Å²) in [5.41, 5.74) is 5.95. The molecule has 0 unspecified atom stereocenters. The molecule has 120 valence electrons. The number of halogens is 1. The van der Waals surface area contributed by atoms with Crippen LogP contribution in [0.2, 0.25) is 0 Å². The molecule has 6 heteroatoms. The first-order chi connectivity index (χ1) is 9.77. The van der Waals surface area contributed by atoms with Crippen LogP contribution in [0.4, 0.5) is 4.39 Å². The van der Waals surface area contributed by atoms with E-state index in [1.54, 1.807) is 0 Å². The van der Waals surface area contributed by atoms with Crippen LogP contribution < -0.4 is 10.5 Å². The Bertz CT molecular complexity index is 571. The van der Waals surface area contributed by atoms with Gasteiger partial charge in [-0.05, 0) is 37.0 Å². The summed E-state index contributed by atoms with van der Waals surface area (Å²) >= 11 is 0. The first kappa shape index (κ1) is 18.1. The van der Waals surface area contributed by atoms with Gasteiger partial charge in [0.05, 0.1) is 4.90 Å². The summed E-state index contributed by atoms with van der Waals surface area (Å²) in [7, 11) is -3.61. The molecule has 0 aliphatic heterocycles. The monoisotopic (exact) mass is 316 g/mol. The molecular weight excluding hydrogens is 291 g/mol. The van der Waals surface area contributed by atoms with E-state index in [0.717, 1.165) is 19.3 Å². The molecule has 0 fully saturated rings. The van der Waals surface area contributed by atoms with E-state index < -0.39 is 15.8 Å². The molecule has 0 saturated carbocycles. The molecule has 0 bridgehead atoms. The third-order valence-corrected chi connectivity index (χ3v) is 4.77. The molecule has 0 heterocycles. The second-order valence-electron chi connectivity index (χ2n) is 5.70. The Morgan fingerprint density at radius 3 is 2.52 bits per heavy atom. The number of aryl methyl sites for hydroxylation is 1. The summed E-state index contributed by atoms with van der Waals surface area (Å²) in [6.07, 6.45) is 2.85. The first-order valence-corrected chi connectivity index (χ1v) is 8.75. The standard InChI is InChI=1S/C15H25FN2O2S/c1-11(2)6-4-5-7-18-21(19,20)14-8-12(3)15(16)13(9-14)10-17/h8-9,11,18H,4-7,10,17H2,1-3H3. The molecule has 4 nitrogen and oxygen atoms in total. The lowest BCUT2D eigenvalue weighted by Crippen LogP contribution is -2.25. The fourth-order valence-corrected chi connectivity index (χ4v) is 3.29. The van der Waals surface area contributed by atoms with Crippen molar-refractivity contribution in [2.75, 3.05) is 6.54 Å². The van der Waals surface area contributed by atoms with Crippen LogP contribution in [0.1, 0.15) is 44.2 Å². The van der Waals surface area contributed by atoms with Gasteiger partial charge in [0, 0.05) is 18.7 Å². The van der Waals surface area contributed by atoms with Crippen molar-refractivity contribution in [2.45, 2.75) is 51.5 Å². The van der Waals surface area contributed by atoms with Gasteiger partial charge in [-0.25, -0.2) is 17.5 Å². The molecule has 0 atom stereocenters. The zero-order chi connectivity index (χ0) is 16.0. The summed E-state index contributed by atoms with van der Waals surface area (Å²) in [6.45, 7) is 6.18. The van der Waals surface area contributed by atoms with Crippen LogP contribution in [0.15, 0.2) is 17.0 Å². The van der Waals surface area contributed by atoms with E-state index in [1.165, 1.54) is 19.1 Å². The van der Waals surface area contributed by atoms with E-state index in [0.29, 0.717) is 12.5 Å². The lowest BCUT2D eigenvalue weighted by Gasteiger charge is -2.11. The summed E-state index contributed by atoms with van der Waals surface area (Å²) in [6, 6.07) is 2.64. The van der Waals surface area contributed by atoms with Crippen LogP contribution in [0, 0.1) is 18.7 Å². The van der Waals surface area contributed by atoms with E-state index in [4.69, 9.17) is 5.73 Å². The minimum atomic E-state index is -3.61. The molecule has 0 aliphatic carbocycles. The number of hydrogen-bond donors (Lipinski definition) is 2. The van der Waals surface area contributed by atoms with Crippen molar-refractivity contribution in [1.29, 1.82) is 0 Å². The smallest absolute Gasteiger partial charge is 0.240 e. The van der Waals surface area contributed by atoms with Crippen molar-refractivity contribution in [3.05, 3.63) is 29.1 Å². The Labute approximate surface area is 127 Å². The number of nitrogens with one attached hydrogen (secondary N) is 1. The van der Waals surface area contributed by atoms with Crippen molar-refractivity contribution < 1.29 is 12.8 Å². The maximum absolute atomic E-state index is 13.7. The normalized spacial score (nSPS) is 12.1. The van der Waals surface area contributed by atoms with E-state index in [1.807, 2.05) is 0 Å². The second kappa shape index (κ2) is 7.87. The molecule has 1 rings (SSSR count). The van der Waals surface area contributed by atoms with Gasteiger partial charge in [-0.1, -0.05) is 26.7 Å². The highest BCUT2D eigenvalue weighted by molar-refractivity contribution is 7.89. The molecule has 0 spiro atoms.